The summed E-state index contributed by atoms with van der Waals surface area (Å²) >= 11 is 0. The maximum Gasteiger partial charge on any atom is 0.0621 e. The van der Waals surface area contributed by atoms with E-state index >= 15 is 0 Å². The molecule has 0 heterocycles. The van der Waals surface area contributed by atoms with Crippen LogP contribution in [0.3, 0.4) is 0 Å². The van der Waals surface area contributed by atoms with E-state index in [1.165, 1.54) is 32.1 Å². The Morgan fingerprint density at radius 1 is 1.00 bits per heavy atom. The zero-order chi connectivity index (χ0) is 18.8. The van der Waals surface area contributed by atoms with Crippen molar-refractivity contribution in [2.24, 2.45) is 17.8 Å². The van der Waals surface area contributed by atoms with Crippen LogP contribution in [0.2, 0.25) is 0 Å². The third kappa shape index (κ3) is 16.0. The van der Waals surface area contributed by atoms with E-state index in [0.717, 1.165) is 44.2 Å². The first-order valence-electron chi connectivity index (χ1n) is 10.3. The van der Waals surface area contributed by atoms with E-state index in [1.54, 1.807) is 0 Å². The van der Waals surface area contributed by atoms with Crippen LogP contribution in [0.1, 0.15) is 85.0 Å². The van der Waals surface area contributed by atoms with Gasteiger partial charge in [-0.15, -0.1) is 12.3 Å². The summed E-state index contributed by atoms with van der Waals surface area (Å²) in [6, 6.07) is 2.23. The average molecular weight is 345 g/mol. The van der Waals surface area contributed by atoms with Crippen LogP contribution < -0.4 is 5.32 Å². The van der Waals surface area contributed by atoms with Gasteiger partial charge < -0.3 is 5.32 Å². The van der Waals surface area contributed by atoms with Gasteiger partial charge in [0.15, 0.2) is 0 Å². The number of nitrogens with one attached hydrogen (secondary N) is 1. The van der Waals surface area contributed by atoms with E-state index in [9.17, 15) is 0 Å². The highest BCUT2D eigenvalue weighted by Crippen LogP contribution is 2.17. The lowest BCUT2D eigenvalue weighted by Gasteiger charge is -2.18. The summed E-state index contributed by atoms with van der Waals surface area (Å²) in [5.41, 5.74) is 0. The average Bonchev–Trinajstić information content (AvgIpc) is 2.61. The molecule has 2 heteroatoms. The van der Waals surface area contributed by atoms with Gasteiger partial charge in [0.25, 0.3) is 0 Å². The standard InChI is InChI=1S/C23H40N2/c1-5-7-10-14-23(15-11-9-12-18-24)20-25-19-22(4)17-16-21(3)13-8-6-2/h1,10,14,21-23,25H,6-9,11-13,15-17,19-20H2,2-4H3/b14-10-. The molecule has 0 radical (unpaired) electrons. The summed E-state index contributed by atoms with van der Waals surface area (Å²) < 4.78 is 0. The number of allylic oxidation sites excluding steroid dienone is 1. The van der Waals surface area contributed by atoms with Gasteiger partial charge in [-0.25, -0.2) is 0 Å². The van der Waals surface area contributed by atoms with Crippen LogP contribution >= 0.6 is 0 Å². The second kappa shape index (κ2) is 17.6. The number of hydrogen-bond donors (Lipinski definition) is 1. The Balaban J connectivity index is 4.00. The molecule has 3 unspecified atom stereocenters. The van der Waals surface area contributed by atoms with Crippen molar-refractivity contribution in [3.8, 4) is 18.4 Å². The summed E-state index contributed by atoms with van der Waals surface area (Å²) in [5.74, 6) is 4.79. The molecule has 2 nitrogen and oxygen atoms in total. The predicted molar refractivity (Wildman–Crippen MR) is 110 cm³/mol. The van der Waals surface area contributed by atoms with E-state index in [1.807, 2.05) is 0 Å². The van der Waals surface area contributed by atoms with Crippen molar-refractivity contribution >= 4 is 0 Å². The van der Waals surface area contributed by atoms with Crippen molar-refractivity contribution in [1.82, 2.24) is 5.32 Å². The van der Waals surface area contributed by atoms with Crippen molar-refractivity contribution in [3.05, 3.63) is 12.2 Å². The number of terminal acetylenes is 1. The number of hydrogen-bond acceptors (Lipinski definition) is 2. The van der Waals surface area contributed by atoms with Gasteiger partial charge in [0.2, 0.25) is 0 Å². The molecule has 0 rings (SSSR count). The molecule has 0 fully saturated rings. The van der Waals surface area contributed by atoms with Gasteiger partial charge in [0.1, 0.15) is 0 Å². The van der Waals surface area contributed by atoms with Crippen LogP contribution in [-0.4, -0.2) is 13.1 Å². The fourth-order valence-electron chi connectivity index (χ4n) is 3.09. The molecule has 0 aliphatic rings. The molecule has 0 amide bonds. The molecule has 0 saturated carbocycles. The lowest BCUT2D eigenvalue weighted by molar-refractivity contribution is 0.382. The second-order valence-corrected chi connectivity index (χ2v) is 7.59. The SMILES string of the molecule is C#CC/C=C\C(CCCCC#N)CNCC(C)CCC(C)CCCC. The molecule has 0 aromatic rings. The summed E-state index contributed by atoms with van der Waals surface area (Å²) in [6.07, 6.45) is 21.0. The van der Waals surface area contributed by atoms with Crippen molar-refractivity contribution in [2.75, 3.05) is 13.1 Å². The Hall–Kier alpha value is -1.25. The van der Waals surface area contributed by atoms with Crippen LogP contribution in [0, 0.1) is 41.4 Å². The van der Waals surface area contributed by atoms with Crippen molar-refractivity contribution in [2.45, 2.75) is 85.0 Å². The Labute approximate surface area is 157 Å². The number of unbranched alkanes of at least 4 members (excludes halogenated alkanes) is 3. The zero-order valence-corrected chi connectivity index (χ0v) is 16.9. The normalized spacial score (nSPS) is 14.8. The third-order valence-electron chi connectivity index (χ3n) is 4.86. The zero-order valence-electron chi connectivity index (χ0n) is 16.9. The first-order valence-corrected chi connectivity index (χ1v) is 10.3. The monoisotopic (exact) mass is 344 g/mol. The topological polar surface area (TPSA) is 35.8 Å². The number of nitriles is 1. The van der Waals surface area contributed by atoms with Gasteiger partial charge in [-0.05, 0) is 43.6 Å². The first kappa shape index (κ1) is 23.8. The molecular formula is C23H40N2. The van der Waals surface area contributed by atoms with E-state index in [4.69, 9.17) is 11.7 Å². The Kier molecular flexibility index (Phi) is 16.7. The van der Waals surface area contributed by atoms with Crippen LogP contribution in [-0.2, 0) is 0 Å². The van der Waals surface area contributed by atoms with Gasteiger partial charge in [-0.2, -0.15) is 5.26 Å². The summed E-state index contributed by atoms with van der Waals surface area (Å²) in [4.78, 5) is 0. The maximum absolute atomic E-state index is 8.65. The van der Waals surface area contributed by atoms with Crippen LogP contribution in [0.5, 0.6) is 0 Å². The number of rotatable bonds is 16. The highest BCUT2D eigenvalue weighted by atomic mass is 14.9. The highest BCUT2D eigenvalue weighted by molar-refractivity contribution is 4.99. The van der Waals surface area contributed by atoms with Gasteiger partial charge in [-0.1, -0.05) is 65.0 Å². The molecule has 0 aliphatic heterocycles. The molecule has 0 aromatic heterocycles. The Bertz CT molecular complexity index is 399. The van der Waals surface area contributed by atoms with E-state index < -0.39 is 0 Å². The van der Waals surface area contributed by atoms with Gasteiger partial charge >= 0.3 is 0 Å². The molecule has 0 bridgehead atoms. The second-order valence-electron chi connectivity index (χ2n) is 7.59. The Morgan fingerprint density at radius 3 is 2.44 bits per heavy atom. The van der Waals surface area contributed by atoms with Crippen molar-refractivity contribution in [3.63, 3.8) is 0 Å². The molecule has 1 N–H and O–H groups in total. The minimum Gasteiger partial charge on any atom is -0.316 e. The molecule has 0 aliphatic carbocycles. The highest BCUT2D eigenvalue weighted by Gasteiger charge is 2.09. The molecule has 142 valence electrons. The third-order valence-corrected chi connectivity index (χ3v) is 4.86. The summed E-state index contributed by atoms with van der Waals surface area (Å²) in [7, 11) is 0. The molecule has 25 heavy (non-hydrogen) atoms. The van der Waals surface area contributed by atoms with Gasteiger partial charge in [0, 0.05) is 19.4 Å². The minimum atomic E-state index is 0.530. The molecular weight excluding hydrogens is 304 g/mol. The first-order chi connectivity index (χ1) is 12.1. The summed E-state index contributed by atoms with van der Waals surface area (Å²) in [6.45, 7) is 9.13. The smallest absolute Gasteiger partial charge is 0.0621 e. The van der Waals surface area contributed by atoms with E-state index in [-0.39, 0.29) is 0 Å². The maximum atomic E-state index is 8.65. The fraction of sp³-hybridized carbons (Fsp3) is 0.783. The van der Waals surface area contributed by atoms with E-state index in [2.05, 4.69) is 50.2 Å². The van der Waals surface area contributed by atoms with Crippen LogP contribution in [0.4, 0.5) is 0 Å². The lowest BCUT2D eigenvalue weighted by Crippen LogP contribution is -2.27. The van der Waals surface area contributed by atoms with E-state index in [0.29, 0.717) is 18.8 Å². The van der Waals surface area contributed by atoms with Gasteiger partial charge in [-0.3, -0.25) is 0 Å². The molecule has 0 aromatic carbocycles. The number of nitrogens with zero attached hydrogens (tertiary/aromatic N) is 1. The Morgan fingerprint density at radius 2 is 1.76 bits per heavy atom. The molecule has 3 atom stereocenters. The van der Waals surface area contributed by atoms with Gasteiger partial charge in [0.05, 0.1) is 6.07 Å². The molecule has 0 saturated heterocycles. The molecule has 0 spiro atoms. The van der Waals surface area contributed by atoms with Crippen LogP contribution in [0.25, 0.3) is 0 Å². The predicted octanol–water partition coefficient (Wildman–Crippen LogP) is 6.10. The quantitative estimate of drug-likeness (QED) is 0.209. The summed E-state index contributed by atoms with van der Waals surface area (Å²) in [5, 5.41) is 12.3. The van der Waals surface area contributed by atoms with Crippen molar-refractivity contribution < 1.29 is 0 Å². The largest absolute Gasteiger partial charge is 0.316 e. The van der Waals surface area contributed by atoms with Crippen LogP contribution in [0.15, 0.2) is 12.2 Å². The minimum absolute atomic E-state index is 0.530. The lowest BCUT2D eigenvalue weighted by atomic mass is 9.94. The van der Waals surface area contributed by atoms with Crippen molar-refractivity contribution in [1.29, 1.82) is 5.26 Å². The fourth-order valence-corrected chi connectivity index (χ4v) is 3.09.